The zero-order valence-electron chi connectivity index (χ0n) is 14.8. The lowest BCUT2D eigenvalue weighted by Crippen LogP contribution is -2.42. The number of benzene rings is 1. The summed E-state index contributed by atoms with van der Waals surface area (Å²) >= 11 is 0. The lowest BCUT2D eigenvalue weighted by molar-refractivity contribution is -0.137. The Morgan fingerprint density at radius 3 is 2.57 bits per heavy atom. The van der Waals surface area contributed by atoms with Crippen LogP contribution in [0.2, 0.25) is 0 Å². The van der Waals surface area contributed by atoms with Crippen LogP contribution in [0.5, 0.6) is 5.75 Å². The van der Waals surface area contributed by atoms with Gasteiger partial charge in [0.1, 0.15) is 11.4 Å². The minimum absolute atomic E-state index is 0.118. The maximum atomic E-state index is 12.8. The van der Waals surface area contributed by atoms with Crippen LogP contribution in [0.15, 0.2) is 18.2 Å². The first-order valence-electron chi connectivity index (χ1n) is 9.00. The molecule has 10 heteroatoms. The third-order valence-corrected chi connectivity index (χ3v) is 4.90. The quantitative estimate of drug-likeness (QED) is 0.731. The molecule has 0 spiro atoms. The normalized spacial score (nSPS) is 22.9. The van der Waals surface area contributed by atoms with Crippen LogP contribution in [0.3, 0.4) is 0 Å². The van der Waals surface area contributed by atoms with E-state index in [2.05, 4.69) is 20.5 Å². The van der Waals surface area contributed by atoms with Gasteiger partial charge in [-0.1, -0.05) is 0 Å². The smallest absolute Gasteiger partial charge is 0.416 e. The van der Waals surface area contributed by atoms with Crippen molar-refractivity contribution in [2.24, 2.45) is 0 Å². The molecule has 2 heterocycles. The van der Waals surface area contributed by atoms with Crippen molar-refractivity contribution >= 4 is 5.95 Å². The summed E-state index contributed by atoms with van der Waals surface area (Å²) in [6.07, 6.45) is -2.89. The van der Waals surface area contributed by atoms with E-state index in [1.165, 1.54) is 6.07 Å². The van der Waals surface area contributed by atoms with Gasteiger partial charge in [0, 0.05) is 18.1 Å². The fraction of sp³-hybridized carbons (Fsp3) is 0.500. The summed E-state index contributed by atoms with van der Waals surface area (Å²) in [6, 6.07) is 2.49. The molecule has 3 N–H and O–H groups in total. The Labute approximate surface area is 158 Å². The fourth-order valence-electron chi connectivity index (χ4n) is 3.20. The SMILES string of the molecule is Oc1cc(C(F)(F)F)ccc1-c1nnc(N[C@@H]2CCOC[C@H]2O)nc1C1CC1. The molecule has 1 aromatic carbocycles. The molecule has 1 saturated carbocycles. The summed E-state index contributed by atoms with van der Waals surface area (Å²) in [5.74, 6) is -0.163. The van der Waals surface area contributed by atoms with Gasteiger partial charge in [0.15, 0.2) is 0 Å². The third kappa shape index (κ3) is 3.88. The van der Waals surface area contributed by atoms with Gasteiger partial charge in [-0.3, -0.25) is 0 Å². The molecule has 2 aromatic rings. The largest absolute Gasteiger partial charge is 0.507 e. The molecule has 2 aliphatic rings. The van der Waals surface area contributed by atoms with Crippen molar-refractivity contribution in [1.82, 2.24) is 15.2 Å². The van der Waals surface area contributed by atoms with Gasteiger partial charge in [0.2, 0.25) is 5.95 Å². The lowest BCUT2D eigenvalue weighted by Gasteiger charge is -2.28. The number of rotatable bonds is 4. The standard InChI is InChI=1S/C18H19F3N4O3/c19-18(20,21)10-3-4-11(13(26)7-10)16-15(9-1-2-9)23-17(25-24-16)22-12-5-6-28-8-14(12)27/h3-4,7,9,12,14,26-27H,1-2,5-6,8H2,(H,22,23,25)/t12-,14-/m1/s1. The topological polar surface area (TPSA) is 100 Å². The molecule has 0 bridgehead atoms. The van der Waals surface area contributed by atoms with Crippen molar-refractivity contribution in [3.8, 4) is 17.0 Å². The van der Waals surface area contributed by atoms with E-state index in [0.717, 1.165) is 18.9 Å². The summed E-state index contributed by atoms with van der Waals surface area (Å²) in [7, 11) is 0. The Balaban J connectivity index is 1.65. The molecule has 1 aromatic heterocycles. The number of phenolic OH excluding ortho intramolecular Hbond substituents is 1. The Morgan fingerprint density at radius 1 is 1.14 bits per heavy atom. The summed E-state index contributed by atoms with van der Waals surface area (Å²) < 4.78 is 43.7. The Morgan fingerprint density at radius 2 is 1.93 bits per heavy atom. The fourth-order valence-corrected chi connectivity index (χ4v) is 3.20. The number of phenols is 1. The van der Waals surface area contributed by atoms with E-state index in [0.29, 0.717) is 24.8 Å². The van der Waals surface area contributed by atoms with E-state index in [1.54, 1.807) is 0 Å². The number of halogens is 3. The van der Waals surface area contributed by atoms with Gasteiger partial charge in [-0.05, 0) is 37.5 Å². The third-order valence-electron chi connectivity index (χ3n) is 4.90. The number of aromatic nitrogens is 3. The van der Waals surface area contributed by atoms with E-state index in [-0.39, 0.29) is 35.8 Å². The molecular weight excluding hydrogens is 377 g/mol. The van der Waals surface area contributed by atoms with Gasteiger partial charge in [-0.25, -0.2) is 4.98 Å². The maximum Gasteiger partial charge on any atom is 0.416 e. The number of aliphatic hydroxyl groups excluding tert-OH is 1. The maximum absolute atomic E-state index is 12.8. The monoisotopic (exact) mass is 396 g/mol. The second-order valence-electron chi connectivity index (χ2n) is 7.05. The van der Waals surface area contributed by atoms with Crippen LogP contribution in [0, 0.1) is 0 Å². The van der Waals surface area contributed by atoms with Crippen molar-refractivity contribution in [2.75, 3.05) is 18.5 Å². The molecule has 1 aliphatic carbocycles. The average Bonchev–Trinajstić information content (AvgIpc) is 3.48. The number of ether oxygens (including phenoxy) is 1. The van der Waals surface area contributed by atoms with Gasteiger partial charge in [-0.2, -0.15) is 13.2 Å². The molecule has 4 rings (SSSR count). The molecule has 2 atom stereocenters. The number of nitrogens with zero attached hydrogens (tertiary/aromatic N) is 3. The zero-order valence-corrected chi connectivity index (χ0v) is 14.8. The Bertz CT molecular complexity index is 874. The van der Waals surface area contributed by atoms with Crippen molar-refractivity contribution in [3.63, 3.8) is 0 Å². The number of nitrogens with one attached hydrogen (secondary N) is 1. The summed E-state index contributed by atoms with van der Waals surface area (Å²) in [6.45, 7) is 0.729. The Kier molecular flexibility index (Phi) is 4.84. The molecule has 7 nitrogen and oxygen atoms in total. The van der Waals surface area contributed by atoms with Crippen LogP contribution in [0.25, 0.3) is 11.3 Å². The van der Waals surface area contributed by atoms with E-state index in [9.17, 15) is 23.4 Å². The number of anilines is 1. The van der Waals surface area contributed by atoms with E-state index < -0.39 is 23.6 Å². The highest BCUT2D eigenvalue weighted by Crippen LogP contribution is 2.45. The van der Waals surface area contributed by atoms with Gasteiger partial charge in [0.25, 0.3) is 0 Å². The second-order valence-corrected chi connectivity index (χ2v) is 7.05. The predicted molar refractivity (Wildman–Crippen MR) is 92.8 cm³/mol. The summed E-state index contributed by atoms with van der Waals surface area (Å²) in [5, 5.41) is 31.3. The molecule has 0 radical (unpaired) electrons. The molecular formula is C18H19F3N4O3. The molecule has 0 amide bonds. The van der Waals surface area contributed by atoms with Crippen molar-refractivity contribution in [2.45, 2.75) is 43.5 Å². The minimum Gasteiger partial charge on any atom is -0.507 e. The number of aliphatic hydroxyl groups is 1. The van der Waals surface area contributed by atoms with Crippen molar-refractivity contribution < 1.29 is 28.1 Å². The average molecular weight is 396 g/mol. The lowest BCUT2D eigenvalue weighted by atomic mass is 10.0. The highest BCUT2D eigenvalue weighted by atomic mass is 19.4. The van der Waals surface area contributed by atoms with Crippen molar-refractivity contribution in [3.05, 3.63) is 29.5 Å². The first-order valence-corrected chi connectivity index (χ1v) is 9.00. The summed E-state index contributed by atoms with van der Waals surface area (Å²) in [5.41, 5.74) is 0.0721. The van der Waals surface area contributed by atoms with Crippen LogP contribution in [-0.2, 0) is 10.9 Å². The minimum atomic E-state index is -4.54. The Hall–Kier alpha value is -2.46. The van der Waals surface area contributed by atoms with Crippen LogP contribution < -0.4 is 5.32 Å². The van der Waals surface area contributed by atoms with E-state index >= 15 is 0 Å². The number of aromatic hydroxyl groups is 1. The van der Waals surface area contributed by atoms with Gasteiger partial charge in [0.05, 0.1) is 30.0 Å². The number of alkyl halides is 3. The first-order chi connectivity index (χ1) is 13.3. The molecule has 1 saturated heterocycles. The molecule has 0 unspecified atom stereocenters. The molecule has 150 valence electrons. The van der Waals surface area contributed by atoms with Crippen LogP contribution >= 0.6 is 0 Å². The van der Waals surface area contributed by atoms with Gasteiger partial charge in [-0.15, -0.1) is 10.2 Å². The first kappa shape index (κ1) is 18.9. The van der Waals surface area contributed by atoms with E-state index in [4.69, 9.17) is 4.74 Å². The van der Waals surface area contributed by atoms with E-state index in [1.807, 2.05) is 0 Å². The molecule has 2 fully saturated rings. The highest BCUT2D eigenvalue weighted by molar-refractivity contribution is 5.70. The van der Waals surface area contributed by atoms with Crippen LogP contribution in [0.4, 0.5) is 19.1 Å². The van der Waals surface area contributed by atoms with Gasteiger partial charge < -0.3 is 20.3 Å². The number of hydrogen-bond acceptors (Lipinski definition) is 7. The zero-order chi connectivity index (χ0) is 19.9. The number of hydrogen-bond donors (Lipinski definition) is 3. The highest BCUT2D eigenvalue weighted by Gasteiger charge is 2.34. The van der Waals surface area contributed by atoms with Crippen LogP contribution in [0.1, 0.15) is 36.4 Å². The summed E-state index contributed by atoms with van der Waals surface area (Å²) in [4.78, 5) is 4.48. The van der Waals surface area contributed by atoms with Crippen LogP contribution in [-0.4, -0.2) is 50.8 Å². The molecule has 28 heavy (non-hydrogen) atoms. The van der Waals surface area contributed by atoms with Gasteiger partial charge >= 0.3 is 6.18 Å². The second kappa shape index (κ2) is 7.17. The molecule has 1 aliphatic heterocycles. The van der Waals surface area contributed by atoms with Crippen molar-refractivity contribution in [1.29, 1.82) is 0 Å². The predicted octanol–water partition coefficient (Wildman–Crippen LogP) is 2.70.